The maximum absolute atomic E-state index is 13.5. The molecule has 0 aliphatic rings. The standard InChI is InChI=1S/C10H6Cl2F2N4/c11-5-1-4(13)2-6(14)9(5)17-8-3-7(12)16-10(15)18-8/h1-3H,(H3,15,16,17,18). The summed E-state index contributed by atoms with van der Waals surface area (Å²) in [5.74, 6) is -1.56. The number of nitrogens with two attached hydrogens (primary N) is 1. The van der Waals surface area contributed by atoms with Crippen LogP contribution in [-0.4, -0.2) is 9.97 Å². The van der Waals surface area contributed by atoms with Crippen LogP contribution in [0.3, 0.4) is 0 Å². The highest BCUT2D eigenvalue weighted by Crippen LogP contribution is 2.29. The molecule has 0 atom stereocenters. The second-order valence-electron chi connectivity index (χ2n) is 3.30. The first kappa shape index (κ1) is 12.8. The summed E-state index contributed by atoms with van der Waals surface area (Å²) in [6.45, 7) is 0. The molecule has 18 heavy (non-hydrogen) atoms. The van der Waals surface area contributed by atoms with Crippen LogP contribution in [0.1, 0.15) is 0 Å². The van der Waals surface area contributed by atoms with Gasteiger partial charge in [-0.1, -0.05) is 23.2 Å². The van der Waals surface area contributed by atoms with Crippen molar-refractivity contribution in [3.05, 3.63) is 40.0 Å². The van der Waals surface area contributed by atoms with Gasteiger partial charge in [-0.25, -0.2) is 13.8 Å². The van der Waals surface area contributed by atoms with Crippen molar-refractivity contribution in [1.82, 2.24) is 9.97 Å². The predicted molar refractivity (Wildman–Crippen MR) is 66.1 cm³/mol. The molecule has 0 bridgehead atoms. The number of nitrogens with one attached hydrogen (secondary N) is 1. The quantitative estimate of drug-likeness (QED) is 0.832. The first-order chi connectivity index (χ1) is 8.45. The topological polar surface area (TPSA) is 63.8 Å². The van der Waals surface area contributed by atoms with E-state index in [1.807, 2.05) is 0 Å². The number of hydrogen-bond acceptors (Lipinski definition) is 4. The lowest BCUT2D eigenvalue weighted by Gasteiger charge is -2.09. The Hall–Kier alpha value is -1.66. The molecule has 2 rings (SSSR count). The molecule has 2 aromatic rings. The first-order valence-corrected chi connectivity index (χ1v) is 5.43. The molecule has 0 aliphatic carbocycles. The highest BCUT2D eigenvalue weighted by Gasteiger charge is 2.11. The van der Waals surface area contributed by atoms with Crippen LogP contribution in [0.4, 0.5) is 26.2 Å². The number of hydrogen-bond donors (Lipinski definition) is 2. The van der Waals surface area contributed by atoms with E-state index in [-0.39, 0.29) is 27.6 Å². The number of halogens is 4. The zero-order chi connectivity index (χ0) is 13.3. The number of nitrogens with zero attached hydrogens (tertiary/aromatic N) is 2. The van der Waals surface area contributed by atoms with Crippen molar-refractivity contribution in [2.24, 2.45) is 0 Å². The molecule has 0 amide bonds. The smallest absolute Gasteiger partial charge is 0.223 e. The minimum absolute atomic E-state index is 0.0800. The Bertz CT molecular complexity index is 563. The van der Waals surface area contributed by atoms with Crippen LogP contribution >= 0.6 is 23.2 Å². The number of nitrogen functional groups attached to an aromatic ring is 1. The molecule has 0 saturated heterocycles. The highest BCUT2D eigenvalue weighted by molar-refractivity contribution is 6.33. The van der Waals surface area contributed by atoms with Gasteiger partial charge in [0, 0.05) is 12.1 Å². The zero-order valence-corrected chi connectivity index (χ0v) is 10.2. The minimum atomic E-state index is -0.853. The van der Waals surface area contributed by atoms with Crippen LogP contribution < -0.4 is 11.1 Å². The van der Waals surface area contributed by atoms with Crippen LogP contribution in [0.15, 0.2) is 18.2 Å². The summed E-state index contributed by atoms with van der Waals surface area (Å²) >= 11 is 11.4. The van der Waals surface area contributed by atoms with Crippen molar-refractivity contribution in [3.8, 4) is 0 Å². The van der Waals surface area contributed by atoms with Gasteiger partial charge in [-0.3, -0.25) is 0 Å². The molecule has 0 spiro atoms. The second-order valence-corrected chi connectivity index (χ2v) is 4.10. The van der Waals surface area contributed by atoms with E-state index in [1.54, 1.807) is 0 Å². The highest BCUT2D eigenvalue weighted by atomic mass is 35.5. The Morgan fingerprint density at radius 2 is 1.83 bits per heavy atom. The zero-order valence-electron chi connectivity index (χ0n) is 8.72. The van der Waals surface area contributed by atoms with Gasteiger partial charge in [0.05, 0.1) is 10.7 Å². The molecule has 1 heterocycles. The Balaban J connectivity index is 2.40. The summed E-state index contributed by atoms with van der Waals surface area (Å²) in [4.78, 5) is 7.43. The molecule has 0 aliphatic heterocycles. The fourth-order valence-corrected chi connectivity index (χ4v) is 1.72. The van der Waals surface area contributed by atoms with Crippen LogP contribution in [0.2, 0.25) is 10.2 Å². The van der Waals surface area contributed by atoms with Gasteiger partial charge in [-0.2, -0.15) is 4.98 Å². The molecule has 0 unspecified atom stereocenters. The van der Waals surface area contributed by atoms with E-state index in [1.165, 1.54) is 6.07 Å². The van der Waals surface area contributed by atoms with Crippen molar-refractivity contribution in [2.45, 2.75) is 0 Å². The first-order valence-electron chi connectivity index (χ1n) is 4.67. The van der Waals surface area contributed by atoms with Gasteiger partial charge < -0.3 is 11.1 Å². The Morgan fingerprint density at radius 3 is 2.44 bits per heavy atom. The van der Waals surface area contributed by atoms with E-state index < -0.39 is 11.6 Å². The van der Waals surface area contributed by atoms with Crippen molar-refractivity contribution in [3.63, 3.8) is 0 Å². The average molecular weight is 291 g/mol. The second kappa shape index (κ2) is 4.91. The largest absolute Gasteiger partial charge is 0.368 e. The van der Waals surface area contributed by atoms with E-state index in [4.69, 9.17) is 28.9 Å². The van der Waals surface area contributed by atoms with Gasteiger partial charge in [-0.05, 0) is 6.07 Å². The third-order valence-electron chi connectivity index (χ3n) is 1.97. The van der Waals surface area contributed by atoms with E-state index >= 15 is 0 Å². The van der Waals surface area contributed by atoms with Gasteiger partial charge >= 0.3 is 0 Å². The Labute approximate surface area is 111 Å². The lowest BCUT2D eigenvalue weighted by atomic mass is 10.3. The number of rotatable bonds is 2. The molecule has 1 aromatic carbocycles. The fraction of sp³-hybridized carbons (Fsp3) is 0. The summed E-state index contributed by atoms with van der Waals surface area (Å²) in [6.07, 6.45) is 0. The van der Waals surface area contributed by atoms with Crippen LogP contribution in [0.5, 0.6) is 0 Å². The molecule has 94 valence electrons. The van der Waals surface area contributed by atoms with E-state index in [9.17, 15) is 8.78 Å². The maximum atomic E-state index is 13.5. The van der Waals surface area contributed by atoms with Gasteiger partial charge in [0.15, 0.2) is 5.82 Å². The lowest BCUT2D eigenvalue weighted by Crippen LogP contribution is -2.02. The molecule has 0 radical (unpaired) electrons. The molecule has 1 aromatic heterocycles. The Morgan fingerprint density at radius 1 is 1.11 bits per heavy atom. The summed E-state index contributed by atoms with van der Waals surface area (Å²) in [6, 6.07) is 3.00. The maximum Gasteiger partial charge on any atom is 0.223 e. The normalized spacial score (nSPS) is 10.4. The summed E-state index contributed by atoms with van der Waals surface area (Å²) < 4.78 is 26.4. The van der Waals surface area contributed by atoms with Crippen molar-refractivity contribution in [2.75, 3.05) is 11.1 Å². The molecule has 3 N–H and O–H groups in total. The molecular weight excluding hydrogens is 285 g/mol. The van der Waals surface area contributed by atoms with Crippen LogP contribution in [-0.2, 0) is 0 Å². The average Bonchev–Trinajstić information content (AvgIpc) is 2.22. The number of benzene rings is 1. The van der Waals surface area contributed by atoms with E-state index in [2.05, 4.69) is 15.3 Å². The molecule has 0 saturated carbocycles. The minimum Gasteiger partial charge on any atom is -0.368 e. The van der Waals surface area contributed by atoms with E-state index in [0.717, 1.165) is 6.07 Å². The monoisotopic (exact) mass is 290 g/mol. The van der Waals surface area contributed by atoms with Gasteiger partial charge in [0.2, 0.25) is 5.95 Å². The van der Waals surface area contributed by atoms with Crippen molar-refractivity contribution in [1.29, 1.82) is 0 Å². The molecule has 0 fully saturated rings. The predicted octanol–water partition coefficient (Wildman–Crippen LogP) is 3.39. The summed E-state index contributed by atoms with van der Waals surface area (Å²) in [5.41, 5.74) is 5.26. The third kappa shape index (κ3) is 2.77. The van der Waals surface area contributed by atoms with E-state index in [0.29, 0.717) is 6.07 Å². The number of anilines is 3. The Kier molecular flexibility index (Phi) is 3.49. The van der Waals surface area contributed by atoms with Crippen LogP contribution in [0, 0.1) is 11.6 Å². The van der Waals surface area contributed by atoms with Crippen LogP contribution in [0.25, 0.3) is 0 Å². The molecular formula is C10H6Cl2F2N4. The van der Waals surface area contributed by atoms with Gasteiger partial charge in [0.25, 0.3) is 0 Å². The number of aromatic nitrogens is 2. The van der Waals surface area contributed by atoms with Crippen molar-refractivity contribution < 1.29 is 8.78 Å². The third-order valence-corrected chi connectivity index (χ3v) is 2.46. The molecule has 8 heteroatoms. The fourth-order valence-electron chi connectivity index (χ4n) is 1.29. The summed E-state index contributed by atoms with van der Waals surface area (Å²) in [5, 5.41) is 2.52. The van der Waals surface area contributed by atoms with Gasteiger partial charge in [-0.15, -0.1) is 0 Å². The molecule has 4 nitrogen and oxygen atoms in total. The SMILES string of the molecule is Nc1nc(Cl)cc(Nc2c(F)cc(F)cc2Cl)n1. The lowest BCUT2D eigenvalue weighted by molar-refractivity contribution is 0.586. The summed E-state index contributed by atoms with van der Waals surface area (Å²) in [7, 11) is 0. The van der Waals surface area contributed by atoms with Crippen molar-refractivity contribution >= 4 is 40.7 Å². The van der Waals surface area contributed by atoms with Gasteiger partial charge in [0.1, 0.15) is 16.8 Å².